The number of amides is 2. The number of anilines is 1. The predicted octanol–water partition coefficient (Wildman–Crippen LogP) is 0.232. The number of hydrogen-bond acceptors (Lipinski definition) is 14. The summed E-state index contributed by atoms with van der Waals surface area (Å²) in [5.74, 6) is -4.64. The Labute approximate surface area is 338 Å². The fourth-order valence-corrected chi connectivity index (χ4v) is 8.44. The van der Waals surface area contributed by atoms with Gasteiger partial charge in [-0.1, -0.05) is 22.4 Å². The second kappa shape index (κ2) is 16.4. The van der Waals surface area contributed by atoms with Crippen molar-refractivity contribution in [1.29, 1.82) is 0 Å². The van der Waals surface area contributed by atoms with Crippen LogP contribution in [0, 0.1) is 5.82 Å². The molecule has 3 aliphatic rings. The number of carboxylic acids is 2. The first-order valence-corrected chi connectivity index (χ1v) is 20.0. The van der Waals surface area contributed by atoms with Gasteiger partial charge in [0.25, 0.3) is 11.8 Å². The molecular formula is C37H39FN10O8S2. The maximum absolute atomic E-state index is 15.3. The number of carbonyl (C=O) groups excluding carboxylic acids is 3. The number of nitrogen functional groups attached to an aromatic ring is 1. The maximum Gasteiger partial charge on any atom is 0.350 e. The third kappa shape index (κ3) is 8.31. The van der Waals surface area contributed by atoms with Gasteiger partial charge in [0.05, 0.1) is 29.1 Å². The number of nitrogens with two attached hydrogens (primary N) is 2. The molecule has 21 heteroatoms. The highest BCUT2D eigenvalue weighted by atomic mass is 32.2. The average Bonchev–Trinajstić information content (AvgIpc) is 3.81. The summed E-state index contributed by atoms with van der Waals surface area (Å²) >= 11 is 2.26. The Bertz CT molecular complexity index is 2390. The second-order valence-electron chi connectivity index (χ2n) is 14.3. The zero-order chi connectivity index (χ0) is 41.3. The number of rotatable bonds is 14. The molecule has 304 valence electrons. The molecule has 0 spiro atoms. The number of thioether (sulfide) groups is 1. The Morgan fingerprint density at radius 2 is 1.98 bits per heavy atom. The van der Waals surface area contributed by atoms with E-state index in [1.165, 1.54) is 37.1 Å². The molecule has 0 unspecified atom stereocenters. The molecule has 7 rings (SSSR count). The number of hydrogen-bond donors (Lipinski definition) is 5. The van der Waals surface area contributed by atoms with Crippen molar-refractivity contribution < 1.29 is 48.0 Å². The van der Waals surface area contributed by atoms with Crippen molar-refractivity contribution in [3.05, 3.63) is 88.2 Å². The first kappa shape index (κ1) is 40.1. The Balaban J connectivity index is 1.03. The number of benzene rings is 1. The molecule has 2 saturated heterocycles. The van der Waals surface area contributed by atoms with Gasteiger partial charge in [-0.3, -0.25) is 14.5 Å². The second-order valence-corrected chi connectivity index (χ2v) is 16.3. The zero-order valence-corrected chi connectivity index (χ0v) is 32.8. The van der Waals surface area contributed by atoms with Crippen LogP contribution >= 0.6 is 23.1 Å². The van der Waals surface area contributed by atoms with E-state index in [9.17, 15) is 29.4 Å². The lowest BCUT2D eigenvalue weighted by atomic mass is 10.0. The van der Waals surface area contributed by atoms with Crippen LogP contribution in [0.4, 0.5) is 9.52 Å². The van der Waals surface area contributed by atoms with E-state index in [2.05, 4.69) is 25.9 Å². The number of halogens is 1. The third-order valence-corrected chi connectivity index (χ3v) is 11.8. The highest BCUT2D eigenvalue weighted by molar-refractivity contribution is 8.00. The number of β-lactam (4-membered cyclic amide) rings is 1. The molecule has 4 aromatic rings. The van der Waals surface area contributed by atoms with Crippen LogP contribution in [0.3, 0.4) is 0 Å². The number of carbonyl (C=O) groups is 4. The first-order valence-electron chi connectivity index (χ1n) is 18.1. The monoisotopic (exact) mass is 834 g/mol. The summed E-state index contributed by atoms with van der Waals surface area (Å²) in [6.07, 6.45) is 7.00. The summed E-state index contributed by atoms with van der Waals surface area (Å²) in [6, 6.07) is 7.23. The average molecular weight is 835 g/mol. The molecule has 18 nitrogen and oxygen atoms in total. The molecule has 0 bridgehead atoms. The van der Waals surface area contributed by atoms with Crippen LogP contribution in [0.25, 0.3) is 10.9 Å². The molecule has 2 fully saturated rings. The number of nitrogens with zero attached hydrogens (tertiary/aromatic N) is 6. The van der Waals surface area contributed by atoms with Crippen molar-refractivity contribution in [2.45, 2.75) is 62.9 Å². The summed E-state index contributed by atoms with van der Waals surface area (Å²) in [5, 5.41) is 37.0. The number of pyridine rings is 1. The van der Waals surface area contributed by atoms with E-state index in [1.807, 2.05) is 29.1 Å². The SMILES string of the molecule is CC(C)(ON=C(C(=O)N[C@@H]1C(=O)N2C(C(=O)[O-])=C(C[n+]3ccc4c(ccn4Cc4ccc(C(N)=NOC5CCNCC5)cc4F)c3)CS[C@H]12)c1csc(N)n1)C(=O)O. The van der Waals surface area contributed by atoms with Crippen molar-refractivity contribution in [2.24, 2.45) is 16.0 Å². The maximum atomic E-state index is 15.3. The lowest BCUT2D eigenvalue weighted by molar-refractivity contribution is -0.687. The van der Waals surface area contributed by atoms with E-state index >= 15 is 4.39 Å². The normalized spacial score (nSPS) is 19.2. The Kier molecular flexibility index (Phi) is 11.4. The van der Waals surface area contributed by atoms with Gasteiger partial charge < -0.3 is 51.4 Å². The molecule has 2 amide bonds. The molecule has 1 aromatic carbocycles. The number of oxime groups is 2. The topological polar surface area (TPSA) is 256 Å². The Morgan fingerprint density at radius 1 is 1.21 bits per heavy atom. The molecule has 0 radical (unpaired) electrons. The van der Waals surface area contributed by atoms with Crippen LogP contribution in [0.15, 0.2) is 75.9 Å². The van der Waals surface area contributed by atoms with E-state index in [1.54, 1.807) is 22.9 Å². The number of carboxylic acid groups (broad SMARTS) is 2. The van der Waals surface area contributed by atoms with Gasteiger partial charge in [-0.2, -0.15) is 0 Å². The minimum absolute atomic E-state index is 0.00485. The van der Waals surface area contributed by atoms with Gasteiger partial charge in [0.15, 0.2) is 35.6 Å². The van der Waals surface area contributed by atoms with Gasteiger partial charge in [0.1, 0.15) is 29.0 Å². The first-order chi connectivity index (χ1) is 27.7. The van der Waals surface area contributed by atoms with Crippen molar-refractivity contribution in [1.82, 2.24) is 25.1 Å². The molecule has 3 aliphatic heterocycles. The molecule has 7 N–H and O–H groups in total. The van der Waals surface area contributed by atoms with E-state index < -0.39 is 52.3 Å². The quantitative estimate of drug-likeness (QED) is 0.0376. The van der Waals surface area contributed by atoms with Crippen LogP contribution in [-0.4, -0.2) is 96.8 Å². The molecule has 3 aromatic heterocycles. The van der Waals surface area contributed by atoms with Gasteiger partial charge in [-0.15, -0.1) is 23.1 Å². The van der Waals surface area contributed by atoms with Gasteiger partial charge in [-0.05, 0) is 51.9 Å². The van der Waals surface area contributed by atoms with E-state index in [4.69, 9.17) is 21.1 Å². The fraction of sp³-hybridized carbons (Fsp3) is 0.351. The summed E-state index contributed by atoms with van der Waals surface area (Å²) < 4.78 is 18.9. The van der Waals surface area contributed by atoms with Crippen molar-refractivity contribution in [3.8, 4) is 0 Å². The van der Waals surface area contributed by atoms with Crippen LogP contribution < -0.4 is 31.8 Å². The van der Waals surface area contributed by atoms with Gasteiger partial charge in [0, 0.05) is 40.1 Å². The summed E-state index contributed by atoms with van der Waals surface area (Å²) in [5.41, 5.74) is 11.4. The highest BCUT2D eigenvalue weighted by Crippen LogP contribution is 2.40. The summed E-state index contributed by atoms with van der Waals surface area (Å²) in [4.78, 5) is 66.7. The number of fused-ring (bicyclic) bond motifs is 2. The molecule has 6 heterocycles. The third-order valence-electron chi connectivity index (χ3n) is 9.80. The lowest BCUT2D eigenvalue weighted by Crippen LogP contribution is -2.71. The van der Waals surface area contributed by atoms with Crippen LogP contribution in [-0.2, 0) is 41.9 Å². The number of piperidine rings is 1. The lowest BCUT2D eigenvalue weighted by Gasteiger charge is -2.50. The smallest absolute Gasteiger partial charge is 0.350 e. The largest absolute Gasteiger partial charge is 0.543 e. The van der Waals surface area contributed by atoms with Crippen LogP contribution in [0.5, 0.6) is 0 Å². The van der Waals surface area contributed by atoms with Crippen LogP contribution in [0.2, 0.25) is 0 Å². The van der Waals surface area contributed by atoms with Gasteiger partial charge in [-0.25, -0.2) is 18.7 Å². The standard InChI is InChI=1S/C37H39FN10O8S2/c1-37(2,35(53)54)56-44-27(25-18-58-36(40)42-25)31(49)43-28-32(50)48-29(34(51)52)22(17-57-33(28)48)15-46-11-8-26-21(14-46)7-12-47(26)16-20-4-3-19(13-24(20)38)30(39)45-55-23-5-9-41-10-6-23/h3-4,7-8,11-14,18,23,28,33,41H,5-6,9-10,15-17H2,1-2H3,(H6-,39,40,42,43,45,49,51,52,53,54)/t28-,33-/m1/s1. The number of aromatic nitrogens is 3. The number of nitrogens with one attached hydrogen (secondary N) is 2. The van der Waals surface area contributed by atoms with Crippen molar-refractivity contribution in [2.75, 3.05) is 24.6 Å². The molecule has 2 atom stereocenters. The predicted molar refractivity (Wildman–Crippen MR) is 208 cm³/mol. The molecular weight excluding hydrogens is 796 g/mol. The van der Waals surface area contributed by atoms with Gasteiger partial charge >= 0.3 is 5.97 Å². The van der Waals surface area contributed by atoms with E-state index in [0.29, 0.717) is 16.7 Å². The number of amidine groups is 1. The Hall–Kier alpha value is -6.06. The van der Waals surface area contributed by atoms with Gasteiger partial charge in [0.2, 0.25) is 5.60 Å². The van der Waals surface area contributed by atoms with E-state index in [-0.39, 0.29) is 47.3 Å². The van der Waals surface area contributed by atoms with Crippen LogP contribution in [0.1, 0.15) is 43.5 Å². The summed E-state index contributed by atoms with van der Waals surface area (Å²) in [7, 11) is 0. The number of aliphatic carboxylic acids is 2. The highest BCUT2D eigenvalue weighted by Gasteiger charge is 2.53. The fourth-order valence-electron chi connectivity index (χ4n) is 6.55. The van der Waals surface area contributed by atoms with Crippen molar-refractivity contribution >= 4 is 74.4 Å². The van der Waals surface area contributed by atoms with E-state index in [0.717, 1.165) is 53.1 Å². The molecule has 0 aliphatic carbocycles. The molecule has 0 saturated carbocycles. The minimum atomic E-state index is -1.80. The summed E-state index contributed by atoms with van der Waals surface area (Å²) in [6.45, 7) is 4.49. The van der Waals surface area contributed by atoms with Crippen molar-refractivity contribution in [3.63, 3.8) is 0 Å². The zero-order valence-electron chi connectivity index (χ0n) is 31.2. The molecule has 58 heavy (non-hydrogen) atoms. The minimum Gasteiger partial charge on any atom is -0.543 e. The Morgan fingerprint density at radius 3 is 2.67 bits per heavy atom. The number of thiazole rings is 1.